The lowest BCUT2D eigenvalue weighted by Gasteiger charge is -2.51. The number of piperidine rings is 2. The zero-order chi connectivity index (χ0) is 21.0. The predicted octanol–water partition coefficient (Wildman–Crippen LogP) is 3.74. The van der Waals surface area contributed by atoms with Crippen LogP contribution in [0, 0.1) is 5.92 Å². The third kappa shape index (κ3) is 4.64. The van der Waals surface area contributed by atoms with E-state index < -0.39 is 12.1 Å². The van der Waals surface area contributed by atoms with E-state index in [4.69, 9.17) is 9.47 Å². The van der Waals surface area contributed by atoms with Crippen molar-refractivity contribution >= 4 is 12.1 Å². The topological polar surface area (TPSA) is 55.8 Å². The number of quaternary nitrogens is 1. The average molecular weight is 416 g/mol. The minimum absolute atomic E-state index is 0.220. The van der Waals surface area contributed by atoms with Crippen molar-refractivity contribution in [2.75, 3.05) is 33.3 Å². The molecule has 0 bridgehead atoms. The van der Waals surface area contributed by atoms with Crippen LogP contribution in [0.3, 0.4) is 0 Å². The third-order valence-corrected chi connectivity index (χ3v) is 7.41. The number of nitrogens with zero attached hydrogens (tertiary/aromatic N) is 2. The van der Waals surface area contributed by atoms with Crippen molar-refractivity contribution in [3.63, 3.8) is 0 Å². The van der Waals surface area contributed by atoms with Crippen molar-refractivity contribution in [2.45, 2.75) is 63.6 Å². The molecule has 30 heavy (non-hydrogen) atoms. The van der Waals surface area contributed by atoms with Crippen molar-refractivity contribution in [1.82, 2.24) is 4.90 Å². The molecule has 1 aromatic rings. The summed E-state index contributed by atoms with van der Waals surface area (Å²) in [6.07, 6.45) is 7.21. The van der Waals surface area contributed by atoms with Gasteiger partial charge in [0.1, 0.15) is 12.6 Å². The lowest BCUT2D eigenvalue weighted by Crippen LogP contribution is -2.61. The first-order valence-electron chi connectivity index (χ1n) is 11.5. The molecule has 0 spiro atoms. The highest BCUT2D eigenvalue weighted by Gasteiger charge is 2.44. The minimum Gasteiger partial charge on any atom is -0.464 e. The molecular formula is C24H35N2O4+. The Kier molecular flexibility index (Phi) is 6.61. The number of ether oxygens (including phenoxy) is 2. The molecule has 3 aliphatic rings. The van der Waals surface area contributed by atoms with Gasteiger partial charge in [-0.15, -0.1) is 0 Å². The van der Waals surface area contributed by atoms with Gasteiger partial charge < -0.3 is 14.0 Å². The van der Waals surface area contributed by atoms with E-state index in [1.807, 2.05) is 30.3 Å². The zero-order valence-electron chi connectivity index (χ0n) is 18.1. The summed E-state index contributed by atoms with van der Waals surface area (Å²) in [5, 5.41) is 0. The van der Waals surface area contributed by atoms with Gasteiger partial charge in [0, 0.05) is 18.9 Å². The molecule has 0 radical (unpaired) electrons. The lowest BCUT2D eigenvalue weighted by atomic mass is 9.82. The maximum atomic E-state index is 12.8. The van der Waals surface area contributed by atoms with E-state index in [2.05, 4.69) is 7.05 Å². The summed E-state index contributed by atoms with van der Waals surface area (Å²) in [5.74, 6) is 0.174. The highest BCUT2D eigenvalue weighted by atomic mass is 16.6. The lowest BCUT2D eigenvalue weighted by molar-refractivity contribution is -0.947. The fourth-order valence-corrected chi connectivity index (χ4v) is 5.75. The molecule has 3 heterocycles. The summed E-state index contributed by atoms with van der Waals surface area (Å²) < 4.78 is 12.4. The number of amides is 1. The van der Waals surface area contributed by atoms with Crippen LogP contribution in [0.5, 0.6) is 0 Å². The number of hydrogen-bond donors (Lipinski definition) is 0. The highest BCUT2D eigenvalue weighted by Crippen LogP contribution is 2.36. The Balaban J connectivity index is 1.29. The molecule has 0 unspecified atom stereocenters. The number of benzene rings is 1. The number of carbonyl (C=O) groups is 2. The summed E-state index contributed by atoms with van der Waals surface area (Å²) in [6.45, 7) is 3.75. The normalized spacial score (nSPS) is 31.1. The summed E-state index contributed by atoms with van der Waals surface area (Å²) >= 11 is 0. The average Bonchev–Trinajstić information content (AvgIpc) is 3.26. The zero-order valence-corrected chi connectivity index (χ0v) is 18.1. The molecule has 164 valence electrons. The Bertz CT molecular complexity index is 736. The van der Waals surface area contributed by atoms with Crippen molar-refractivity contribution in [2.24, 2.45) is 5.92 Å². The van der Waals surface area contributed by atoms with Crippen LogP contribution >= 0.6 is 0 Å². The quantitative estimate of drug-likeness (QED) is 0.543. The van der Waals surface area contributed by atoms with Gasteiger partial charge in [-0.25, -0.2) is 9.59 Å². The monoisotopic (exact) mass is 415 g/mol. The van der Waals surface area contributed by atoms with Gasteiger partial charge in [-0.2, -0.15) is 0 Å². The van der Waals surface area contributed by atoms with Crippen molar-refractivity contribution in [1.29, 1.82) is 0 Å². The molecule has 1 aromatic carbocycles. The van der Waals surface area contributed by atoms with Gasteiger partial charge in [0.2, 0.25) is 0 Å². The molecule has 0 aliphatic carbocycles. The molecule has 3 aliphatic heterocycles. The van der Waals surface area contributed by atoms with Gasteiger partial charge >= 0.3 is 12.1 Å². The number of rotatable bonds is 5. The van der Waals surface area contributed by atoms with E-state index in [0.29, 0.717) is 31.5 Å². The van der Waals surface area contributed by atoms with E-state index in [0.717, 1.165) is 22.9 Å². The van der Waals surface area contributed by atoms with Gasteiger partial charge in [0.05, 0.1) is 32.8 Å². The van der Waals surface area contributed by atoms with Gasteiger partial charge in [0.25, 0.3) is 0 Å². The van der Waals surface area contributed by atoms with E-state index in [9.17, 15) is 9.59 Å². The van der Waals surface area contributed by atoms with E-state index in [1.54, 1.807) is 4.90 Å². The van der Waals surface area contributed by atoms with Crippen molar-refractivity contribution < 1.29 is 23.5 Å². The fraction of sp³-hybridized carbons (Fsp3) is 0.667. The second-order valence-electron chi connectivity index (χ2n) is 9.41. The van der Waals surface area contributed by atoms with E-state index >= 15 is 0 Å². The number of likely N-dealkylation sites (tertiary alicyclic amines) is 1. The fourth-order valence-electron chi connectivity index (χ4n) is 5.75. The molecule has 1 amide bonds. The standard InChI is InChI=1S/C24H35N2O4/c1-26-15-6-5-13-22(26)20(11-8-16-26)18-29-23(27)21-12-7-14-25(21)24(28)30-17-19-9-3-2-4-10-19/h2-4,9-10,20-22H,5-8,11-18H2,1H3/q+1/t20-,21+,22+,26+/m1/s1. The number of carbonyl (C=O) groups excluding carboxylic acids is 2. The van der Waals surface area contributed by atoms with Crippen LogP contribution in [0.15, 0.2) is 30.3 Å². The number of fused-ring (bicyclic) bond motifs is 1. The number of esters is 1. The molecule has 6 heteroatoms. The molecule has 4 atom stereocenters. The Hall–Kier alpha value is -2.08. The SMILES string of the molecule is C[N@@+]12CCCC[C@H]1[C@@H](COC(=O)[C@@H]1CCCN1C(=O)OCc1ccccc1)CCC2. The summed E-state index contributed by atoms with van der Waals surface area (Å²) in [5.41, 5.74) is 0.940. The smallest absolute Gasteiger partial charge is 0.410 e. The molecule has 0 saturated carbocycles. The summed E-state index contributed by atoms with van der Waals surface area (Å²) in [6, 6.07) is 9.70. The molecule has 6 nitrogen and oxygen atoms in total. The molecular weight excluding hydrogens is 380 g/mol. The van der Waals surface area contributed by atoms with Gasteiger partial charge in [-0.3, -0.25) is 4.90 Å². The molecule has 0 aromatic heterocycles. The van der Waals surface area contributed by atoms with Crippen LogP contribution in [-0.2, 0) is 20.9 Å². The molecule has 3 saturated heterocycles. The van der Waals surface area contributed by atoms with Crippen molar-refractivity contribution in [3.8, 4) is 0 Å². The van der Waals surface area contributed by atoms with Crippen LogP contribution in [-0.4, -0.2) is 66.8 Å². The Morgan fingerprint density at radius 2 is 1.80 bits per heavy atom. The van der Waals surface area contributed by atoms with Crippen LogP contribution in [0.25, 0.3) is 0 Å². The second kappa shape index (κ2) is 9.38. The van der Waals surface area contributed by atoms with E-state index in [1.165, 1.54) is 38.8 Å². The van der Waals surface area contributed by atoms with Crippen LogP contribution in [0.2, 0.25) is 0 Å². The van der Waals surface area contributed by atoms with Crippen molar-refractivity contribution in [3.05, 3.63) is 35.9 Å². The molecule has 4 rings (SSSR count). The summed E-state index contributed by atoms with van der Waals surface area (Å²) in [4.78, 5) is 27.0. The number of hydrogen-bond acceptors (Lipinski definition) is 4. The molecule has 3 fully saturated rings. The third-order valence-electron chi connectivity index (χ3n) is 7.41. The first-order valence-corrected chi connectivity index (χ1v) is 11.5. The minimum atomic E-state index is -0.510. The Morgan fingerprint density at radius 1 is 1.00 bits per heavy atom. The Labute approximate surface area is 179 Å². The van der Waals surface area contributed by atoms with Gasteiger partial charge in [-0.1, -0.05) is 30.3 Å². The Morgan fingerprint density at radius 3 is 2.63 bits per heavy atom. The van der Waals surface area contributed by atoms with E-state index in [-0.39, 0.29) is 12.6 Å². The van der Waals surface area contributed by atoms with Crippen LogP contribution in [0.1, 0.15) is 50.5 Å². The first kappa shape index (κ1) is 21.2. The predicted molar refractivity (Wildman–Crippen MR) is 114 cm³/mol. The molecule has 0 N–H and O–H groups in total. The highest BCUT2D eigenvalue weighted by molar-refractivity contribution is 5.82. The van der Waals surface area contributed by atoms with Gasteiger partial charge in [0.15, 0.2) is 0 Å². The van der Waals surface area contributed by atoms with Crippen LogP contribution in [0.4, 0.5) is 4.79 Å². The van der Waals surface area contributed by atoms with Crippen LogP contribution < -0.4 is 0 Å². The van der Waals surface area contributed by atoms with Gasteiger partial charge in [-0.05, 0) is 44.1 Å². The maximum absolute atomic E-state index is 12.8. The first-order chi connectivity index (χ1) is 14.6. The second-order valence-corrected chi connectivity index (χ2v) is 9.41. The summed E-state index contributed by atoms with van der Waals surface area (Å²) in [7, 11) is 2.37. The maximum Gasteiger partial charge on any atom is 0.410 e. The largest absolute Gasteiger partial charge is 0.464 e.